The van der Waals surface area contributed by atoms with E-state index < -0.39 is 31.0 Å². The SMILES string of the molecule is CC(C#N)NC(=O)CCC(F)(F)F. The number of nitrogens with one attached hydrogen (secondary N) is 1. The summed E-state index contributed by atoms with van der Waals surface area (Å²) < 4.78 is 34.8. The monoisotopic (exact) mass is 194 g/mol. The Kier molecular flexibility index (Phi) is 4.25. The molecule has 1 unspecified atom stereocenters. The molecular formula is C7H9F3N2O. The van der Waals surface area contributed by atoms with E-state index in [0.29, 0.717) is 0 Å². The molecule has 1 amide bonds. The summed E-state index contributed by atoms with van der Waals surface area (Å²) in [6.07, 6.45) is -6.11. The van der Waals surface area contributed by atoms with Gasteiger partial charge in [-0.15, -0.1) is 0 Å². The molecule has 0 bridgehead atoms. The molecular weight excluding hydrogens is 185 g/mol. The predicted octanol–water partition coefficient (Wildman–Crippen LogP) is 1.36. The number of hydrogen-bond donors (Lipinski definition) is 1. The van der Waals surface area contributed by atoms with Crippen molar-refractivity contribution in [1.82, 2.24) is 5.32 Å². The Morgan fingerprint density at radius 2 is 2.15 bits per heavy atom. The van der Waals surface area contributed by atoms with Crippen molar-refractivity contribution < 1.29 is 18.0 Å². The Bertz CT molecular complexity index is 219. The van der Waals surface area contributed by atoms with E-state index in [1.807, 2.05) is 0 Å². The first-order valence-electron chi connectivity index (χ1n) is 3.61. The largest absolute Gasteiger partial charge is 0.389 e. The number of hydrogen-bond acceptors (Lipinski definition) is 2. The number of nitriles is 1. The van der Waals surface area contributed by atoms with E-state index in [-0.39, 0.29) is 0 Å². The molecule has 0 aliphatic rings. The molecule has 74 valence electrons. The van der Waals surface area contributed by atoms with Gasteiger partial charge in [-0.25, -0.2) is 0 Å². The van der Waals surface area contributed by atoms with Gasteiger partial charge in [0, 0.05) is 6.42 Å². The molecule has 0 radical (unpaired) electrons. The molecule has 0 aliphatic heterocycles. The zero-order valence-electron chi connectivity index (χ0n) is 6.98. The standard InChI is InChI=1S/C7H9F3N2O/c1-5(4-11)12-6(13)2-3-7(8,9)10/h5H,2-3H2,1H3,(H,12,13). The minimum absolute atomic E-state index is 0.629. The van der Waals surface area contributed by atoms with Gasteiger partial charge < -0.3 is 5.32 Å². The van der Waals surface area contributed by atoms with Gasteiger partial charge in [0.15, 0.2) is 0 Å². The Morgan fingerprint density at radius 1 is 1.62 bits per heavy atom. The first kappa shape index (κ1) is 11.8. The van der Waals surface area contributed by atoms with Crippen LogP contribution >= 0.6 is 0 Å². The lowest BCUT2D eigenvalue weighted by Gasteiger charge is -2.07. The molecule has 13 heavy (non-hydrogen) atoms. The van der Waals surface area contributed by atoms with Crippen LogP contribution in [0.2, 0.25) is 0 Å². The van der Waals surface area contributed by atoms with Gasteiger partial charge in [-0.1, -0.05) is 0 Å². The molecule has 0 saturated heterocycles. The normalized spacial score (nSPS) is 13.2. The summed E-state index contributed by atoms with van der Waals surface area (Å²) in [5, 5.41) is 10.3. The van der Waals surface area contributed by atoms with Crippen LogP contribution in [0.15, 0.2) is 0 Å². The molecule has 0 aromatic carbocycles. The third-order valence-corrected chi connectivity index (χ3v) is 1.21. The molecule has 3 nitrogen and oxygen atoms in total. The summed E-state index contributed by atoms with van der Waals surface area (Å²) >= 11 is 0. The Labute approximate surface area is 73.5 Å². The van der Waals surface area contributed by atoms with Crippen molar-refractivity contribution in [2.75, 3.05) is 0 Å². The van der Waals surface area contributed by atoms with E-state index in [0.717, 1.165) is 0 Å². The van der Waals surface area contributed by atoms with Crippen LogP contribution in [-0.4, -0.2) is 18.1 Å². The molecule has 0 spiro atoms. The summed E-state index contributed by atoms with van der Waals surface area (Å²) in [5.74, 6) is -0.758. The first-order chi connectivity index (χ1) is 5.85. The molecule has 0 heterocycles. The third kappa shape index (κ3) is 7.12. The van der Waals surface area contributed by atoms with Crippen LogP contribution < -0.4 is 5.32 Å². The molecule has 1 atom stereocenters. The summed E-state index contributed by atoms with van der Waals surface area (Å²) in [6.45, 7) is 1.39. The number of rotatable bonds is 3. The van der Waals surface area contributed by atoms with E-state index in [2.05, 4.69) is 5.32 Å². The lowest BCUT2D eigenvalue weighted by Crippen LogP contribution is -2.31. The molecule has 0 rings (SSSR count). The van der Waals surface area contributed by atoms with Gasteiger partial charge in [0.2, 0.25) is 5.91 Å². The fraction of sp³-hybridized carbons (Fsp3) is 0.714. The summed E-state index contributed by atoms with van der Waals surface area (Å²) in [5.41, 5.74) is 0. The third-order valence-electron chi connectivity index (χ3n) is 1.21. The van der Waals surface area contributed by atoms with Gasteiger partial charge in [-0.05, 0) is 6.92 Å². The number of carbonyl (C=O) groups is 1. The van der Waals surface area contributed by atoms with E-state index in [1.54, 1.807) is 6.07 Å². The number of carbonyl (C=O) groups excluding carboxylic acids is 1. The second kappa shape index (κ2) is 4.70. The van der Waals surface area contributed by atoms with Crippen molar-refractivity contribution in [1.29, 1.82) is 5.26 Å². The Morgan fingerprint density at radius 3 is 2.54 bits per heavy atom. The topological polar surface area (TPSA) is 52.9 Å². The fourth-order valence-corrected chi connectivity index (χ4v) is 0.601. The van der Waals surface area contributed by atoms with Crippen LogP contribution in [0.5, 0.6) is 0 Å². The Hall–Kier alpha value is -1.25. The number of nitrogens with zero attached hydrogens (tertiary/aromatic N) is 1. The van der Waals surface area contributed by atoms with Crippen LogP contribution in [0.4, 0.5) is 13.2 Å². The van der Waals surface area contributed by atoms with Crippen LogP contribution in [0.25, 0.3) is 0 Å². The molecule has 0 aromatic heterocycles. The maximum atomic E-state index is 11.6. The van der Waals surface area contributed by atoms with Gasteiger partial charge in [0.1, 0.15) is 6.04 Å². The minimum atomic E-state index is -4.33. The van der Waals surface area contributed by atoms with E-state index in [9.17, 15) is 18.0 Å². The predicted molar refractivity (Wildman–Crippen MR) is 38.5 cm³/mol. The number of halogens is 3. The average Bonchev–Trinajstić information content (AvgIpc) is 1.99. The van der Waals surface area contributed by atoms with Crippen molar-refractivity contribution in [2.45, 2.75) is 32.0 Å². The quantitative estimate of drug-likeness (QED) is 0.737. The van der Waals surface area contributed by atoms with Crippen molar-refractivity contribution in [3.05, 3.63) is 0 Å². The number of amides is 1. The average molecular weight is 194 g/mol. The summed E-state index contributed by atoms with van der Waals surface area (Å²) in [4.78, 5) is 10.7. The van der Waals surface area contributed by atoms with Gasteiger partial charge in [-0.3, -0.25) is 4.79 Å². The van der Waals surface area contributed by atoms with Gasteiger partial charge >= 0.3 is 6.18 Å². The van der Waals surface area contributed by atoms with E-state index in [1.165, 1.54) is 6.92 Å². The zero-order chi connectivity index (χ0) is 10.5. The first-order valence-corrected chi connectivity index (χ1v) is 3.61. The molecule has 0 fully saturated rings. The van der Waals surface area contributed by atoms with Gasteiger partial charge in [-0.2, -0.15) is 18.4 Å². The highest BCUT2D eigenvalue weighted by atomic mass is 19.4. The van der Waals surface area contributed by atoms with E-state index in [4.69, 9.17) is 5.26 Å². The van der Waals surface area contributed by atoms with Crippen LogP contribution in [-0.2, 0) is 4.79 Å². The van der Waals surface area contributed by atoms with Crippen LogP contribution in [0, 0.1) is 11.3 Å². The van der Waals surface area contributed by atoms with Crippen molar-refractivity contribution in [3.63, 3.8) is 0 Å². The zero-order valence-corrected chi connectivity index (χ0v) is 6.98. The maximum Gasteiger partial charge on any atom is 0.389 e. The second-order valence-corrected chi connectivity index (χ2v) is 2.53. The molecule has 0 saturated carbocycles. The summed E-state index contributed by atoms with van der Waals surface area (Å²) in [6, 6.07) is 0.930. The van der Waals surface area contributed by atoms with Crippen molar-refractivity contribution in [2.24, 2.45) is 0 Å². The number of alkyl halides is 3. The van der Waals surface area contributed by atoms with Crippen LogP contribution in [0.3, 0.4) is 0 Å². The highest BCUT2D eigenvalue weighted by Crippen LogP contribution is 2.20. The van der Waals surface area contributed by atoms with Crippen molar-refractivity contribution in [3.8, 4) is 6.07 Å². The summed E-state index contributed by atoms with van der Waals surface area (Å²) in [7, 11) is 0. The lowest BCUT2D eigenvalue weighted by atomic mass is 10.2. The second-order valence-electron chi connectivity index (χ2n) is 2.53. The van der Waals surface area contributed by atoms with Gasteiger partial charge in [0.05, 0.1) is 12.5 Å². The molecule has 0 aromatic rings. The molecule has 1 N–H and O–H groups in total. The fourth-order valence-electron chi connectivity index (χ4n) is 0.601. The van der Waals surface area contributed by atoms with E-state index >= 15 is 0 Å². The maximum absolute atomic E-state index is 11.6. The van der Waals surface area contributed by atoms with Crippen LogP contribution in [0.1, 0.15) is 19.8 Å². The molecule has 0 aliphatic carbocycles. The highest BCUT2D eigenvalue weighted by molar-refractivity contribution is 5.76. The Balaban J connectivity index is 3.72. The van der Waals surface area contributed by atoms with Crippen molar-refractivity contribution >= 4 is 5.91 Å². The molecule has 6 heteroatoms. The smallest absolute Gasteiger partial charge is 0.341 e. The van der Waals surface area contributed by atoms with Gasteiger partial charge in [0.25, 0.3) is 0 Å². The minimum Gasteiger partial charge on any atom is -0.341 e. The lowest BCUT2D eigenvalue weighted by molar-refractivity contribution is -0.144. The highest BCUT2D eigenvalue weighted by Gasteiger charge is 2.27.